The summed E-state index contributed by atoms with van der Waals surface area (Å²) in [6.07, 6.45) is 5.65. The van der Waals surface area contributed by atoms with Gasteiger partial charge in [0, 0.05) is 18.7 Å². The molecule has 2 fully saturated rings. The van der Waals surface area contributed by atoms with Crippen molar-refractivity contribution in [3.8, 4) is 5.75 Å². The largest absolute Gasteiger partial charge is 0.505 e. The Morgan fingerprint density at radius 2 is 2.17 bits per heavy atom. The fourth-order valence-electron chi connectivity index (χ4n) is 3.18. The minimum Gasteiger partial charge on any atom is -0.505 e. The van der Waals surface area contributed by atoms with Gasteiger partial charge in [0.05, 0.1) is 12.2 Å². The Morgan fingerprint density at radius 1 is 1.39 bits per heavy atom. The predicted octanol–water partition coefficient (Wildman–Crippen LogP) is 3.34. The van der Waals surface area contributed by atoms with E-state index in [1.54, 1.807) is 4.90 Å². The molecule has 0 unspecified atom stereocenters. The molecule has 1 saturated heterocycles. The van der Waals surface area contributed by atoms with E-state index in [1.807, 2.05) is 0 Å². The molecule has 2 atom stereocenters. The van der Waals surface area contributed by atoms with Gasteiger partial charge in [-0.05, 0) is 43.4 Å². The number of hydrogen-bond donors (Lipinski definition) is 1. The van der Waals surface area contributed by atoms with E-state index in [-0.39, 0.29) is 23.7 Å². The second-order valence-electron chi connectivity index (χ2n) is 6.65. The molecule has 4 nitrogen and oxygen atoms in total. The van der Waals surface area contributed by atoms with Gasteiger partial charge in [0.15, 0.2) is 11.6 Å². The van der Waals surface area contributed by atoms with Crippen LogP contribution in [0.3, 0.4) is 0 Å². The summed E-state index contributed by atoms with van der Waals surface area (Å²) in [5.41, 5.74) is 0.283. The number of phenols is 1. The molecule has 0 radical (unpaired) electrons. The maximum absolute atomic E-state index is 13.5. The van der Waals surface area contributed by atoms with Gasteiger partial charge in [0.25, 0.3) is 5.91 Å². The number of carbonyl (C=O) groups excluding carboxylic acids is 1. The van der Waals surface area contributed by atoms with Gasteiger partial charge in [-0.2, -0.15) is 0 Å². The summed E-state index contributed by atoms with van der Waals surface area (Å²) in [4.78, 5) is 14.5. The predicted molar refractivity (Wildman–Crippen MR) is 84.9 cm³/mol. The van der Waals surface area contributed by atoms with Gasteiger partial charge in [0.1, 0.15) is 0 Å². The maximum atomic E-state index is 13.5. The third-order valence-electron chi connectivity index (χ3n) is 4.70. The zero-order chi connectivity index (χ0) is 16.4. The number of aromatic hydroxyl groups is 1. The number of amides is 1. The topological polar surface area (TPSA) is 49.8 Å². The van der Waals surface area contributed by atoms with Crippen LogP contribution in [-0.4, -0.2) is 41.2 Å². The fraction of sp³-hybridized carbons (Fsp3) is 0.611. The average molecular weight is 321 g/mol. The van der Waals surface area contributed by atoms with Crippen molar-refractivity contribution in [2.24, 2.45) is 5.92 Å². The Hall–Kier alpha value is -1.62. The van der Waals surface area contributed by atoms with E-state index in [9.17, 15) is 14.3 Å². The lowest BCUT2D eigenvalue weighted by Gasteiger charge is -2.38. The zero-order valence-electron chi connectivity index (χ0n) is 13.5. The van der Waals surface area contributed by atoms with Crippen LogP contribution in [0.1, 0.15) is 49.4 Å². The van der Waals surface area contributed by atoms with Crippen LogP contribution < -0.4 is 0 Å². The molecular weight excluding hydrogens is 297 g/mol. The van der Waals surface area contributed by atoms with Crippen molar-refractivity contribution in [2.75, 3.05) is 13.1 Å². The van der Waals surface area contributed by atoms with Crippen LogP contribution >= 0.6 is 0 Å². The molecule has 0 spiro atoms. The molecule has 1 amide bonds. The maximum Gasteiger partial charge on any atom is 0.254 e. The van der Waals surface area contributed by atoms with E-state index in [4.69, 9.17) is 4.74 Å². The molecule has 23 heavy (non-hydrogen) atoms. The normalized spacial score (nSPS) is 24.7. The number of halogens is 1. The van der Waals surface area contributed by atoms with Crippen LogP contribution in [0.25, 0.3) is 0 Å². The summed E-state index contributed by atoms with van der Waals surface area (Å²) < 4.78 is 19.7. The van der Waals surface area contributed by atoms with Crippen molar-refractivity contribution in [1.82, 2.24) is 4.90 Å². The van der Waals surface area contributed by atoms with Gasteiger partial charge in [-0.25, -0.2) is 4.39 Å². The molecule has 1 aromatic carbocycles. The first kappa shape index (κ1) is 16.2. The number of morpholine rings is 1. The molecular formula is C18H24FNO3. The lowest BCUT2D eigenvalue weighted by molar-refractivity contribution is -0.0874. The number of ether oxygens (including phenoxy) is 1. The number of carbonyl (C=O) groups is 1. The van der Waals surface area contributed by atoms with E-state index in [0.29, 0.717) is 19.0 Å². The van der Waals surface area contributed by atoms with E-state index >= 15 is 0 Å². The lowest BCUT2D eigenvalue weighted by Crippen LogP contribution is -2.50. The highest BCUT2D eigenvalue weighted by atomic mass is 19.1. The van der Waals surface area contributed by atoms with Crippen molar-refractivity contribution >= 4 is 5.91 Å². The first-order valence-electron chi connectivity index (χ1n) is 8.51. The smallest absolute Gasteiger partial charge is 0.254 e. The summed E-state index contributed by atoms with van der Waals surface area (Å²) in [5, 5.41) is 9.28. The molecule has 1 aliphatic heterocycles. The Balaban J connectivity index is 1.72. The summed E-state index contributed by atoms with van der Waals surface area (Å²) in [6.45, 7) is 3.28. The van der Waals surface area contributed by atoms with Crippen LogP contribution in [0.15, 0.2) is 18.2 Å². The van der Waals surface area contributed by atoms with Crippen molar-refractivity contribution < 1.29 is 19.0 Å². The molecule has 126 valence electrons. The SMILES string of the molecule is CCCC[C@@H]1CN(C(=O)c2ccc(O)c(F)c2)C[C@H](C2CC2)O1. The Morgan fingerprint density at radius 3 is 2.83 bits per heavy atom. The van der Waals surface area contributed by atoms with Crippen molar-refractivity contribution in [3.63, 3.8) is 0 Å². The Bertz CT molecular complexity index is 573. The number of unbranched alkanes of at least 4 members (excludes halogenated alkanes) is 1. The van der Waals surface area contributed by atoms with Gasteiger partial charge in [-0.15, -0.1) is 0 Å². The van der Waals surface area contributed by atoms with E-state index in [2.05, 4.69) is 6.92 Å². The van der Waals surface area contributed by atoms with Crippen molar-refractivity contribution in [1.29, 1.82) is 0 Å². The highest BCUT2D eigenvalue weighted by Gasteiger charge is 2.39. The van der Waals surface area contributed by atoms with E-state index in [1.165, 1.54) is 25.0 Å². The molecule has 1 aromatic rings. The zero-order valence-corrected chi connectivity index (χ0v) is 13.5. The summed E-state index contributed by atoms with van der Waals surface area (Å²) in [6, 6.07) is 3.82. The number of hydrogen-bond acceptors (Lipinski definition) is 3. The number of nitrogens with zero attached hydrogens (tertiary/aromatic N) is 1. The van der Waals surface area contributed by atoms with Gasteiger partial charge in [-0.1, -0.05) is 19.8 Å². The van der Waals surface area contributed by atoms with Crippen LogP contribution in [0.5, 0.6) is 5.75 Å². The van der Waals surface area contributed by atoms with Gasteiger partial charge < -0.3 is 14.7 Å². The summed E-state index contributed by atoms with van der Waals surface area (Å²) in [5.74, 6) is -0.809. The molecule has 0 aromatic heterocycles. The molecule has 2 aliphatic rings. The molecule has 5 heteroatoms. The van der Waals surface area contributed by atoms with E-state index in [0.717, 1.165) is 25.3 Å². The summed E-state index contributed by atoms with van der Waals surface area (Å²) in [7, 11) is 0. The third-order valence-corrected chi connectivity index (χ3v) is 4.70. The monoisotopic (exact) mass is 321 g/mol. The molecule has 0 bridgehead atoms. The van der Waals surface area contributed by atoms with Crippen molar-refractivity contribution in [3.05, 3.63) is 29.6 Å². The quantitative estimate of drug-likeness (QED) is 0.905. The first-order chi connectivity index (χ1) is 11.1. The standard InChI is InChI=1S/C18H24FNO3/c1-2-3-4-14-10-20(11-17(23-14)12-5-6-12)18(22)13-7-8-16(21)15(19)9-13/h7-9,12,14,17,21H,2-6,10-11H2,1H3/t14-,17-/m1/s1. The second kappa shape index (κ2) is 6.87. The van der Waals surface area contributed by atoms with Gasteiger partial charge >= 0.3 is 0 Å². The number of phenolic OH excluding ortho intramolecular Hbond substituents is 1. The highest BCUT2D eigenvalue weighted by molar-refractivity contribution is 5.94. The van der Waals surface area contributed by atoms with Crippen LogP contribution in [0, 0.1) is 11.7 Å². The second-order valence-corrected chi connectivity index (χ2v) is 6.65. The first-order valence-corrected chi connectivity index (χ1v) is 8.51. The van der Waals surface area contributed by atoms with Gasteiger partial charge in [-0.3, -0.25) is 4.79 Å². The minimum absolute atomic E-state index is 0.0696. The van der Waals surface area contributed by atoms with Crippen LogP contribution in [-0.2, 0) is 4.74 Å². The molecule has 1 saturated carbocycles. The summed E-state index contributed by atoms with van der Waals surface area (Å²) >= 11 is 0. The highest BCUT2D eigenvalue weighted by Crippen LogP contribution is 2.37. The Kier molecular flexibility index (Phi) is 4.85. The van der Waals surface area contributed by atoms with Crippen molar-refractivity contribution in [2.45, 2.75) is 51.2 Å². The third kappa shape index (κ3) is 3.83. The molecule has 1 N–H and O–H groups in total. The molecule has 1 aliphatic carbocycles. The van der Waals surface area contributed by atoms with Gasteiger partial charge in [0.2, 0.25) is 0 Å². The van der Waals surface area contributed by atoms with E-state index < -0.39 is 11.6 Å². The number of benzene rings is 1. The molecule has 1 heterocycles. The lowest BCUT2D eigenvalue weighted by atomic mass is 10.1. The average Bonchev–Trinajstić information content (AvgIpc) is 3.39. The Labute approximate surface area is 136 Å². The van der Waals surface area contributed by atoms with Crippen LogP contribution in [0.4, 0.5) is 4.39 Å². The number of rotatable bonds is 5. The minimum atomic E-state index is -0.759. The molecule has 3 rings (SSSR count). The fourth-order valence-corrected chi connectivity index (χ4v) is 3.18. The van der Waals surface area contributed by atoms with Crippen LogP contribution in [0.2, 0.25) is 0 Å².